The first-order valence-corrected chi connectivity index (χ1v) is 5.32. The van der Waals surface area contributed by atoms with Crippen molar-refractivity contribution in [2.45, 2.75) is 5.75 Å². The van der Waals surface area contributed by atoms with Gasteiger partial charge < -0.3 is 4.72 Å². The van der Waals surface area contributed by atoms with E-state index in [9.17, 15) is 0 Å². The molecule has 2 heteroatoms. The lowest BCUT2D eigenvalue weighted by Crippen LogP contribution is -1.81. The molecule has 2 aromatic rings. The molecule has 0 spiro atoms. The van der Waals surface area contributed by atoms with Crippen LogP contribution in [0.1, 0.15) is 5.56 Å². The Balaban J connectivity index is 2.43. The Morgan fingerprint density at radius 2 is 2.00 bits per heavy atom. The first-order valence-electron chi connectivity index (χ1n) is 4.33. The second-order valence-electron chi connectivity index (χ2n) is 3.20. The average Bonchev–Trinajstić information content (AvgIpc) is 2.65. The predicted molar refractivity (Wildman–Crippen MR) is 58.9 cm³/mol. The molecule has 3 rings (SSSR count). The minimum Gasteiger partial charge on any atom is -0.329 e. The number of hydrogen-bond donors (Lipinski definition) is 1. The Bertz CT molecular complexity index is 465. The molecule has 0 saturated carbocycles. The quantitative estimate of drug-likeness (QED) is 0.634. The summed E-state index contributed by atoms with van der Waals surface area (Å²) in [6.07, 6.45) is 0. The Morgan fingerprint density at radius 3 is 3.00 bits per heavy atom. The molecule has 13 heavy (non-hydrogen) atoms. The van der Waals surface area contributed by atoms with Crippen molar-refractivity contribution in [2.24, 2.45) is 0 Å². The van der Waals surface area contributed by atoms with Crippen LogP contribution in [0.25, 0.3) is 10.8 Å². The average molecular weight is 187 g/mol. The SMILES string of the molecule is c1ccc2c3c(ccc2c1)NSC3. The van der Waals surface area contributed by atoms with Crippen molar-refractivity contribution < 1.29 is 0 Å². The Morgan fingerprint density at radius 1 is 1.08 bits per heavy atom. The molecule has 0 saturated heterocycles. The zero-order chi connectivity index (χ0) is 8.67. The first-order chi connectivity index (χ1) is 6.45. The number of rotatable bonds is 0. The maximum absolute atomic E-state index is 3.31. The third-order valence-corrected chi connectivity index (χ3v) is 3.24. The van der Waals surface area contributed by atoms with E-state index < -0.39 is 0 Å². The van der Waals surface area contributed by atoms with Crippen molar-refractivity contribution in [3.05, 3.63) is 42.0 Å². The van der Waals surface area contributed by atoms with Crippen molar-refractivity contribution >= 4 is 28.4 Å². The van der Waals surface area contributed by atoms with E-state index in [1.54, 1.807) is 11.9 Å². The topological polar surface area (TPSA) is 12.0 Å². The van der Waals surface area contributed by atoms with Gasteiger partial charge in [0.05, 0.1) is 0 Å². The highest BCUT2D eigenvalue weighted by molar-refractivity contribution is 8.00. The lowest BCUT2D eigenvalue weighted by atomic mass is 10.0. The van der Waals surface area contributed by atoms with Gasteiger partial charge in [-0.3, -0.25) is 0 Å². The van der Waals surface area contributed by atoms with Gasteiger partial charge in [0.15, 0.2) is 0 Å². The lowest BCUT2D eigenvalue weighted by molar-refractivity contribution is 1.52. The maximum Gasteiger partial charge on any atom is 0.0487 e. The molecule has 0 amide bonds. The fourth-order valence-corrected chi connectivity index (χ4v) is 2.65. The highest BCUT2D eigenvalue weighted by Gasteiger charge is 2.12. The van der Waals surface area contributed by atoms with E-state index in [1.165, 1.54) is 22.0 Å². The summed E-state index contributed by atoms with van der Waals surface area (Å²) in [5, 5.41) is 2.73. The molecule has 1 aliphatic heterocycles. The van der Waals surface area contributed by atoms with Crippen LogP contribution in [0, 0.1) is 0 Å². The molecular weight excluding hydrogens is 178 g/mol. The lowest BCUT2D eigenvalue weighted by Gasteiger charge is -2.02. The van der Waals surface area contributed by atoms with Gasteiger partial charge in [0, 0.05) is 11.4 Å². The molecule has 0 atom stereocenters. The van der Waals surface area contributed by atoms with Crippen molar-refractivity contribution in [3.8, 4) is 0 Å². The van der Waals surface area contributed by atoms with Crippen LogP contribution in [0.2, 0.25) is 0 Å². The van der Waals surface area contributed by atoms with Gasteiger partial charge in [0.25, 0.3) is 0 Å². The molecule has 0 aromatic heterocycles. The van der Waals surface area contributed by atoms with Crippen LogP contribution in [-0.4, -0.2) is 0 Å². The minimum absolute atomic E-state index is 1.08. The molecule has 0 bridgehead atoms. The minimum atomic E-state index is 1.08. The second-order valence-corrected chi connectivity index (χ2v) is 3.99. The van der Waals surface area contributed by atoms with Crippen LogP contribution >= 0.6 is 11.9 Å². The Kier molecular flexibility index (Phi) is 1.49. The zero-order valence-corrected chi connectivity index (χ0v) is 7.90. The predicted octanol–water partition coefficient (Wildman–Crippen LogP) is 3.41. The van der Waals surface area contributed by atoms with Crippen LogP contribution < -0.4 is 4.72 Å². The van der Waals surface area contributed by atoms with Gasteiger partial charge in [-0.1, -0.05) is 30.3 Å². The molecule has 64 valence electrons. The van der Waals surface area contributed by atoms with Crippen LogP contribution in [0.4, 0.5) is 5.69 Å². The van der Waals surface area contributed by atoms with Gasteiger partial charge in [-0.15, -0.1) is 0 Å². The highest BCUT2D eigenvalue weighted by Crippen LogP contribution is 2.35. The van der Waals surface area contributed by atoms with Crippen LogP contribution in [0.15, 0.2) is 36.4 Å². The fourth-order valence-electron chi connectivity index (χ4n) is 1.77. The van der Waals surface area contributed by atoms with E-state index in [4.69, 9.17) is 0 Å². The molecular formula is C11H9NS. The number of fused-ring (bicyclic) bond motifs is 3. The molecule has 1 N–H and O–H groups in total. The molecule has 1 nitrogen and oxygen atoms in total. The normalized spacial score (nSPS) is 14.2. The number of benzene rings is 2. The van der Waals surface area contributed by atoms with Crippen LogP contribution in [-0.2, 0) is 5.75 Å². The molecule has 1 heterocycles. The summed E-state index contributed by atoms with van der Waals surface area (Å²) >= 11 is 1.77. The zero-order valence-electron chi connectivity index (χ0n) is 7.08. The second kappa shape index (κ2) is 2.67. The van der Waals surface area contributed by atoms with Crippen molar-refractivity contribution in [1.82, 2.24) is 0 Å². The summed E-state index contributed by atoms with van der Waals surface area (Å²) in [7, 11) is 0. The van der Waals surface area contributed by atoms with Gasteiger partial charge in [-0.25, -0.2) is 0 Å². The third-order valence-electron chi connectivity index (χ3n) is 2.44. The Hall–Kier alpha value is -1.15. The van der Waals surface area contributed by atoms with E-state index >= 15 is 0 Å². The molecule has 2 aromatic carbocycles. The van der Waals surface area contributed by atoms with Crippen molar-refractivity contribution in [2.75, 3.05) is 4.72 Å². The first kappa shape index (κ1) is 7.27. The monoisotopic (exact) mass is 187 g/mol. The standard InChI is InChI=1S/C11H9NS/c1-2-4-9-8(3-1)5-6-11-10(9)7-13-12-11/h1-6,12H,7H2. The van der Waals surface area contributed by atoms with E-state index in [0.29, 0.717) is 0 Å². The number of hydrogen-bond acceptors (Lipinski definition) is 2. The van der Waals surface area contributed by atoms with E-state index in [-0.39, 0.29) is 0 Å². The fraction of sp³-hybridized carbons (Fsp3) is 0.0909. The van der Waals surface area contributed by atoms with Crippen molar-refractivity contribution in [1.29, 1.82) is 0 Å². The summed E-state index contributed by atoms with van der Waals surface area (Å²) in [6.45, 7) is 0. The van der Waals surface area contributed by atoms with Gasteiger partial charge in [0.2, 0.25) is 0 Å². The molecule has 0 radical (unpaired) electrons. The summed E-state index contributed by atoms with van der Waals surface area (Å²) in [5.74, 6) is 1.08. The van der Waals surface area contributed by atoms with Crippen molar-refractivity contribution in [3.63, 3.8) is 0 Å². The molecule has 1 aliphatic rings. The Labute approximate surface area is 81.3 Å². The number of nitrogens with one attached hydrogen (secondary N) is 1. The third kappa shape index (κ3) is 1.02. The van der Waals surface area contributed by atoms with Gasteiger partial charge in [0.1, 0.15) is 0 Å². The van der Waals surface area contributed by atoms with E-state index in [2.05, 4.69) is 41.1 Å². The summed E-state index contributed by atoms with van der Waals surface area (Å²) in [4.78, 5) is 0. The van der Waals surface area contributed by atoms with Gasteiger partial charge in [-0.2, -0.15) is 0 Å². The van der Waals surface area contributed by atoms with Crippen LogP contribution in [0.5, 0.6) is 0 Å². The molecule has 0 aliphatic carbocycles. The smallest absolute Gasteiger partial charge is 0.0487 e. The highest BCUT2D eigenvalue weighted by atomic mass is 32.2. The van der Waals surface area contributed by atoms with Crippen LogP contribution in [0.3, 0.4) is 0 Å². The summed E-state index contributed by atoms with van der Waals surface area (Å²) < 4.78 is 3.31. The molecule has 0 unspecified atom stereocenters. The largest absolute Gasteiger partial charge is 0.329 e. The summed E-state index contributed by atoms with van der Waals surface area (Å²) in [5.41, 5.74) is 2.73. The van der Waals surface area contributed by atoms with Gasteiger partial charge >= 0.3 is 0 Å². The number of anilines is 1. The molecule has 0 fully saturated rings. The maximum atomic E-state index is 3.31. The van der Waals surface area contributed by atoms with E-state index in [1.807, 2.05) is 0 Å². The van der Waals surface area contributed by atoms with E-state index in [0.717, 1.165) is 5.75 Å². The van der Waals surface area contributed by atoms with Gasteiger partial charge in [-0.05, 0) is 34.4 Å². The summed E-state index contributed by atoms with van der Waals surface area (Å²) in [6, 6.07) is 12.9.